The lowest BCUT2D eigenvalue weighted by molar-refractivity contribution is 0.102. The summed E-state index contributed by atoms with van der Waals surface area (Å²) in [5.41, 5.74) is 1.16. The average molecular weight is 259 g/mol. The fourth-order valence-corrected chi connectivity index (χ4v) is 1.76. The molecule has 0 spiro atoms. The molecule has 19 heavy (non-hydrogen) atoms. The fraction of sp³-hybridized carbons (Fsp3) is 0.286. The van der Waals surface area contributed by atoms with Gasteiger partial charge in [-0.1, -0.05) is 6.07 Å². The number of phenols is 1. The van der Waals surface area contributed by atoms with Gasteiger partial charge >= 0.3 is 0 Å². The van der Waals surface area contributed by atoms with Crippen molar-refractivity contribution in [2.24, 2.45) is 0 Å². The van der Waals surface area contributed by atoms with Crippen LogP contribution in [0, 0.1) is 6.92 Å². The largest absolute Gasteiger partial charge is 0.508 e. The molecule has 0 unspecified atom stereocenters. The van der Waals surface area contributed by atoms with Crippen molar-refractivity contribution in [3.8, 4) is 5.75 Å². The van der Waals surface area contributed by atoms with Gasteiger partial charge in [0.25, 0.3) is 5.91 Å². The molecule has 1 heterocycles. The van der Waals surface area contributed by atoms with Gasteiger partial charge in [-0.25, -0.2) is 4.68 Å². The molecule has 0 atom stereocenters. The summed E-state index contributed by atoms with van der Waals surface area (Å²) in [4.78, 5) is 12.1. The van der Waals surface area contributed by atoms with E-state index in [0.29, 0.717) is 11.4 Å². The van der Waals surface area contributed by atoms with Crippen LogP contribution in [0.4, 0.5) is 5.82 Å². The Morgan fingerprint density at radius 2 is 2.11 bits per heavy atom. The van der Waals surface area contributed by atoms with E-state index in [0.717, 1.165) is 5.56 Å². The highest BCUT2D eigenvalue weighted by Gasteiger charge is 2.12. The van der Waals surface area contributed by atoms with Crippen molar-refractivity contribution in [2.75, 3.05) is 5.32 Å². The van der Waals surface area contributed by atoms with Crippen molar-refractivity contribution >= 4 is 11.7 Å². The molecule has 0 saturated heterocycles. The molecule has 0 aliphatic rings. The van der Waals surface area contributed by atoms with Crippen LogP contribution in [-0.2, 0) is 0 Å². The van der Waals surface area contributed by atoms with E-state index in [4.69, 9.17) is 0 Å². The fourth-order valence-electron chi connectivity index (χ4n) is 1.76. The monoisotopic (exact) mass is 259 g/mol. The molecular formula is C14H17N3O2. The molecule has 1 aromatic carbocycles. The summed E-state index contributed by atoms with van der Waals surface area (Å²) >= 11 is 0. The Morgan fingerprint density at radius 3 is 2.74 bits per heavy atom. The second-order valence-corrected chi connectivity index (χ2v) is 4.71. The third-order valence-electron chi connectivity index (χ3n) is 2.87. The van der Waals surface area contributed by atoms with Crippen LogP contribution in [0.15, 0.2) is 30.5 Å². The van der Waals surface area contributed by atoms with Gasteiger partial charge in [0.1, 0.15) is 11.6 Å². The van der Waals surface area contributed by atoms with Gasteiger partial charge in [0.15, 0.2) is 0 Å². The van der Waals surface area contributed by atoms with Gasteiger partial charge in [-0.05, 0) is 38.5 Å². The number of nitrogens with zero attached hydrogens (tertiary/aromatic N) is 2. The number of aryl methyl sites for hydroxylation is 1. The number of amides is 1. The van der Waals surface area contributed by atoms with Crippen LogP contribution in [0.2, 0.25) is 0 Å². The molecule has 1 aromatic heterocycles. The van der Waals surface area contributed by atoms with Crippen molar-refractivity contribution in [3.05, 3.63) is 41.6 Å². The van der Waals surface area contributed by atoms with E-state index in [1.807, 2.05) is 13.8 Å². The van der Waals surface area contributed by atoms with Gasteiger partial charge in [-0.15, -0.1) is 0 Å². The SMILES string of the molecule is Cc1ccc(C(=O)Nc2ccnn2C(C)C)cc1O. The predicted octanol–water partition coefficient (Wildman–Crippen LogP) is 2.73. The van der Waals surface area contributed by atoms with Gasteiger partial charge in [0.2, 0.25) is 0 Å². The topological polar surface area (TPSA) is 67.2 Å². The molecule has 2 aromatic rings. The smallest absolute Gasteiger partial charge is 0.256 e. The van der Waals surface area contributed by atoms with Crippen molar-refractivity contribution in [2.45, 2.75) is 26.8 Å². The van der Waals surface area contributed by atoms with Crippen molar-refractivity contribution in [3.63, 3.8) is 0 Å². The standard InChI is InChI=1S/C14H17N3O2/c1-9(2)17-13(6-7-15-17)16-14(19)11-5-4-10(3)12(18)8-11/h4-9,18H,1-3H3,(H,16,19). The minimum atomic E-state index is -0.266. The minimum absolute atomic E-state index is 0.116. The number of phenolic OH excluding ortho intramolecular Hbond substituents is 1. The van der Waals surface area contributed by atoms with Gasteiger partial charge in [-0.3, -0.25) is 4.79 Å². The molecule has 0 aliphatic carbocycles. The van der Waals surface area contributed by atoms with Crippen molar-refractivity contribution in [1.82, 2.24) is 9.78 Å². The van der Waals surface area contributed by atoms with E-state index in [-0.39, 0.29) is 17.7 Å². The predicted molar refractivity (Wildman–Crippen MR) is 73.4 cm³/mol. The van der Waals surface area contributed by atoms with Crippen LogP contribution in [0.25, 0.3) is 0 Å². The molecule has 0 radical (unpaired) electrons. The van der Waals surface area contributed by atoms with Crippen LogP contribution in [0.1, 0.15) is 35.8 Å². The van der Waals surface area contributed by atoms with Crippen LogP contribution in [0.3, 0.4) is 0 Å². The summed E-state index contributed by atoms with van der Waals surface area (Å²) in [6, 6.07) is 6.76. The average Bonchev–Trinajstić information content (AvgIpc) is 2.80. The van der Waals surface area contributed by atoms with E-state index in [1.54, 1.807) is 36.0 Å². The number of hydrogen-bond donors (Lipinski definition) is 2. The molecule has 2 N–H and O–H groups in total. The number of hydrogen-bond acceptors (Lipinski definition) is 3. The Bertz CT molecular complexity index is 602. The summed E-state index contributed by atoms with van der Waals surface area (Å²) < 4.78 is 1.73. The quantitative estimate of drug-likeness (QED) is 0.890. The second-order valence-electron chi connectivity index (χ2n) is 4.71. The number of aromatic nitrogens is 2. The van der Waals surface area contributed by atoms with E-state index < -0.39 is 0 Å². The highest BCUT2D eigenvalue weighted by atomic mass is 16.3. The zero-order valence-corrected chi connectivity index (χ0v) is 11.2. The Balaban J connectivity index is 2.21. The lowest BCUT2D eigenvalue weighted by Crippen LogP contribution is -2.16. The third kappa shape index (κ3) is 2.76. The maximum Gasteiger partial charge on any atom is 0.256 e. The molecule has 0 bridgehead atoms. The number of benzene rings is 1. The van der Waals surface area contributed by atoms with Crippen LogP contribution < -0.4 is 5.32 Å². The number of carbonyl (C=O) groups is 1. The van der Waals surface area contributed by atoms with Crippen molar-refractivity contribution in [1.29, 1.82) is 0 Å². The molecule has 2 rings (SSSR count). The summed E-state index contributed by atoms with van der Waals surface area (Å²) in [5, 5.41) is 16.6. The van der Waals surface area contributed by atoms with E-state index in [9.17, 15) is 9.90 Å². The Morgan fingerprint density at radius 1 is 1.37 bits per heavy atom. The molecule has 0 saturated carbocycles. The lowest BCUT2D eigenvalue weighted by atomic mass is 10.1. The molecule has 100 valence electrons. The third-order valence-corrected chi connectivity index (χ3v) is 2.87. The summed E-state index contributed by atoms with van der Waals surface area (Å²) in [7, 11) is 0. The first-order valence-electron chi connectivity index (χ1n) is 6.13. The molecule has 1 amide bonds. The molecule has 5 heteroatoms. The van der Waals surface area contributed by atoms with Gasteiger partial charge in [-0.2, -0.15) is 5.10 Å². The first-order chi connectivity index (χ1) is 8.99. The van der Waals surface area contributed by atoms with Gasteiger partial charge in [0.05, 0.1) is 6.20 Å². The zero-order valence-electron chi connectivity index (χ0n) is 11.2. The van der Waals surface area contributed by atoms with Crippen LogP contribution in [-0.4, -0.2) is 20.8 Å². The highest BCUT2D eigenvalue weighted by Crippen LogP contribution is 2.19. The number of anilines is 1. The first kappa shape index (κ1) is 13.1. The maximum atomic E-state index is 12.1. The number of aromatic hydroxyl groups is 1. The van der Waals surface area contributed by atoms with E-state index >= 15 is 0 Å². The summed E-state index contributed by atoms with van der Waals surface area (Å²) in [6.45, 7) is 5.76. The number of rotatable bonds is 3. The summed E-state index contributed by atoms with van der Waals surface area (Å²) in [6.07, 6.45) is 1.64. The molecule has 0 aliphatic heterocycles. The molecule has 0 fully saturated rings. The normalized spacial score (nSPS) is 10.7. The van der Waals surface area contributed by atoms with Gasteiger partial charge in [0, 0.05) is 17.7 Å². The van der Waals surface area contributed by atoms with Gasteiger partial charge < -0.3 is 10.4 Å². The van der Waals surface area contributed by atoms with Crippen LogP contribution in [0.5, 0.6) is 5.75 Å². The second kappa shape index (κ2) is 5.14. The minimum Gasteiger partial charge on any atom is -0.508 e. The Hall–Kier alpha value is -2.30. The van der Waals surface area contributed by atoms with Crippen LogP contribution >= 0.6 is 0 Å². The number of carbonyl (C=O) groups excluding carboxylic acids is 1. The van der Waals surface area contributed by atoms with E-state index in [2.05, 4.69) is 10.4 Å². The van der Waals surface area contributed by atoms with E-state index in [1.165, 1.54) is 6.07 Å². The molecular weight excluding hydrogens is 242 g/mol. The zero-order chi connectivity index (χ0) is 14.0. The number of nitrogens with one attached hydrogen (secondary N) is 1. The lowest BCUT2D eigenvalue weighted by Gasteiger charge is -2.12. The maximum absolute atomic E-state index is 12.1. The Kier molecular flexibility index (Phi) is 3.55. The highest BCUT2D eigenvalue weighted by molar-refractivity contribution is 6.04. The molecule has 5 nitrogen and oxygen atoms in total. The van der Waals surface area contributed by atoms with Crippen molar-refractivity contribution < 1.29 is 9.90 Å². The summed E-state index contributed by atoms with van der Waals surface area (Å²) in [5.74, 6) is 0.489. The Labute approximate surface area is 111 Å². The first-order valence-corrected chi connectivity index (χ1v) is 6.13.